The quantitative estimate of drug-likeness (QED) is 0.440. The van der Waals surface area contributed by atoms with Gasteiger partial charge in [-0.05, 0) is 19.1 Å². The highest BCUT2D eigenvalue weighted by Gasteiger charge is 2.01. The number of rotatable bonds is 3. The van der Waals surface area contributed by atoms with Gasteiger partial charge in [0, 0.05) is 5.56 Å². The van der Waals surface area contributed by atoms with E-state index in [1.54, 1.807) is 12.1 Å². The van der Waals surface area contributed by atoms with Crippen LogP contribution in [0.4, 0.5) is 0 Å². The number of allylic oxidation sites excluding steroid dienone is 2. The standard InChI is InChI=1S/C11H10Cl2O/c1-8-2-4-9(5-3-8)10(14)6-7-11(12)13/h2-7,11H,1H3. The lowest BCUT2D eigenvalue weighted by Crippen LogP contribution is -1.94. The lowest BCUT2D eigenvalue weighted by atomic mass is 10.1. The number of halogens is 2. The van der Waals surface area contributed by atoms with Crippen LogP contribution in [-0.4, -0.2) is 10.6 Å². The van der Waals surface area contributed by atoms with Gasteiger partial charge in [-0.15, -0.1) is 23.2 Å². The number of hydrogen-bond acceptors (Lipinski definition) is 1. The van der Waals surface area contributed by atoms with Crippen molar-refractivity contribution in [3.8, 4) is 0 Å². The van der Waals surface area contributed by atoms with Gasteiger partial charge in [0.1, 0.15) is 4.84 Å². The van der Waals surface area contributed by atoms with E-state index in [0.717, 1.165) is 5.56 Å². The highest BCUT2D eigenvalue weighted by Crippen LogP contribution is 2.07. The highest BCUT2D eigenvalue weighted by molar-refractivity contribution is 6.45. The van der Waals surface area contributed by atoms with Crippen LogP contribution in [-0.2, 0) is 0 Å². The molecule has 0 aliphatic rings. The third kappa shape index (κ3) is 3.52. The number of ketones is 1. The molecule has 0 saturated carbocycles. The summed E-state index contributed by atoms with van der Waals surface area (Å²) in [6, 6.07) is 7.33. The summed E-state index contributed by atoms with van der Waals surface area (Å²) in [5.74, 6) is -0.0868. The predicted octanol–water partition coefficient (Wildman–Crippen LogP) is 3.54. The average molecular weight is 229 g/mol. The second-order valence-electron chi connectivity index (χ2n) is 2.92. The molecule has 0 aliphatic carbocycles. The van der Waals surface area contributed by atoms with Crippen molar-refractivity contribution in [3.63, 3.8) is 0 Å². The maximum Gasteiger partial charge on any atom is 0.185 e. The molecule has 1 aromatic rings. The van der Waals surface area contributed by atoms with Crippen LogP contribution in [0.1, 0.15) is 15.9 Å². The Morgan fingerprint density at radius 3 is 2.36 bits per heavy atom. The van der Waals surface area contributed by atoms with Crippen LogP contribution in [0.25, 0.3) is 0 Å². The summed E-state index contributed by atoms with van der Waals surface area (Å²) >= 11 is 10.9. The van der Waals surface area contributed by atoms with Crippen LogP contribution in [0.15, 0.2) is 36.4 Å². The zero-order valence-electron chi connectivity index (χ0n) is 7.71. The van der Waals surface area contributed by atoms with Crippen LogP contribution in [0.3, 0.4) is 0 Å². The Kier molecular flexibility index (Phi) is 4.18. The lowest BCUT2D eigenvalue weighted by molar-refractivity contribution is 0.104. The Morgan fingerprint density at radius 2 is 1.86 bits per heavy atom. The Labute approximate surface area is 93.3 Å². The van der Waals surface area contributed by atoms with Crippen LogP contribution in [0.2, 0.25) is 0 Å². The van der Waals surface area contributed by atoms with Gasteiger partial charge in [0.15, 0.2) is 5.78 Å². The molecule has 0 bridgehead atoms. The van der Waals surface area contributed by atoms with Gasteiger partial charge < -0.3 is 0 Å². The SMILES string of the molecule is Cc1ccc(C(=O)C=CC(Cl)Cl)cc1. The molecule has 1 nitrogen and oxygen atoms in total. The molecule has 0 fully saturated rings. The Morgan fingerprint density at radius 1 is 1.29 bits per heavy atom. The van der Waals surface area contributed by atoms with Crippen molar-refractivity contribution >= 4 is 29.0 Å². The minimum atomic E-state index is -0.635. The minimum Gasteiger partial charge on any atom is -0.289 e. The fraction of sp³-hybridized carbons (Fsp3) is 0.182. The van der Waals surface area contributed by atoms with E-state index in [2.05, 4.69) is 0 Å². The van der Waals surface area contributed by atoms with Crippen LogP contribution < -0.4 is 0 Å². The summed E-state index contributed by atoms with van der Waals surface area (Å²) in [7, 11) is 0. The first-order valence-corrected chi connectivity index (χ1v) is 5.04. The predicted molar refractivity (Wildman–Crippen MR) is 60.1 cm³/mol. The van der Waals surface area contributed by atoms with E-state index < -0.39 is 4.84 Å². The number of aryl methyl sites for hydroxylation is 1. The largest absolute Gasteiger partial charge is 0.289 e. The van der Waals surface area contributed by atoms with Gasteiger partial charge in [-0.3, -0.25) is 4.79 Å². The first-order chi connectivity index (χ1) is 6.59. The van der Waals surface area contributed by atoms with E-state index >= 15 is 0 Å². The van der Waals surface area contributed by atoms with Crippen LogP contribution in [0.5, 0.6) is 0 Å². The minimum absolute atomic E-state index is 0.0868. The van der Waals surface area contributed by atoms with Gasteiger partial charge >= 0.3 is 0 Å². The topological polar surface area (TPSA) is 17.1 Å². The summed E-state index contributed by atoms with van der Waals surface area (Å²) < 4.78 is 0. The van der Waals surface area contributed by atoms with Crippen molar-refractivity contribution in [2.75, 3.05) is 0 Å². The van der Waals surface area contributed by atoms with E-state index in [-0.39, 0.29) is 5.78 Å². The fourth-order valence-electron chi connectivity index (χ4n) is 0.974. The number of carbonyl (C=O) groups is 1. The molecular formula is C11H10Cl2O. The van der Waals surface area contributed by atoms with Crippen molar-refractivity contribution in [2.45, 2.75) is 11.8 Å². The molecule has 3 heteroatoms. The van der Waals surface area contributed by atoms with Gasteiger partial charge in [0.25, 0.3) is 0 Å². The maximum atomic E-state index is 11.5. The first kappa shape index (κ1) is 11.3. The molecule has 1 aromatic carbocycles. The third-order valence-corrected chi connectivity index (χ3v) is 2.02. The second-order valence-corrected chi connectivity index (χ2v) is 4.09. The molecule has 0 aliphatic heterocycles. The molecule has 0 amide bonds. The Balaban J connectivity index is 2.75. The average Bonchev–Trinajstić information content (AvgIpc) is 2.15. The van der Waals surface area contributed by atoms with Crippen LogP contribution in [0, 0.1) is 6.92 Å². The molecule has 0 aromatic heterocycles. The van der Waals surface area contributed by atoms with Crippen molar-refractivity contribution in [2.24, 2.45) is 0 Å². The molecule has 0 saturated heterocycles. The van der Waals surface area contributed by atoms with Crippen molar-refractivity contribution in [1.29, 1.82) is 0 Å². The highest BCUT2D eigenvalue weighted by atomic mass is 35.5. The molecule has 0 spiro atoms. The summed E-state index contributed by atoms with van der Waals surface area (Å²) in [5.41, 5.74) is 1.76. The van der Waals surface area contributed by atoms with Gasteiger partial charge in [-0.1, -0.05) is 29.8 Å². The van der Waals surface area contributed by atoms with E-state index in [0.29, 0.717) is 5.56 Å². The third-order valence-electron chi connectivity index (χ3n) is 1.73. The summed E-state index contributed by atoms with van der Waals surface area (Å²) in [6.07, 6.45) is 2.83. The molecule has 0 unspecified atom stereocenters. The number of alkyl halides is 2. The van der Waals surface area contributed by atoms with E-state index in [1.165, 1.54) is 12.2 Å². The number of benzene rings is 1. The lowest BCUT2D eigenvalue weighted by Gasteiger charge is -1.96. The normalized spacial score (nSPS) is 11.1. The first-order valence-electron chi connectivity index (χ1n) is 4.17. The Bertz CT molecular complexity index is 339. The van der Waals surface area contributed by atoms with Gasteiger partial charge in [0.05, 0.1) is 0 Å². The van der Waals surface area contributed by atoms with Crippen molar-refractivity contribution < 1.29 is 4.79 Å². The monoisotopic (exact) mass is 228 g/mol. The van der Waals surface area contributed by atoms with Crippen LogP contribution >= 0.6 is 23.2 Å². The smallest absolute Gasteiger partial charge is 0.185 e. The van der Waals surface area contributed by atoms with Crippen molar-refractivity contribution in [1.82, 2.24) is 0 Å². The molecule has 0 atom stereocenters. The van der Waals surface area contributed by atoms with Gasteiger partial charge in [-0.2, -0.15) is 0 Å². The maximum absolute atomic E-state index is 11.5. The zero-order chi connectivity index (χ0) is 10.6. The summed E-state index contributed by atoms with van der Waals surface area (Å²) in [6.45, 7) is 1.97. The molecular weight excluding hydrogens is 219 g/mol. The Hall–Kier alpha value is -0.790. The molecule has 0 heterocycles. The fourth-order valence-corrected chi connectivity index (χ4v) is 1.12. The van der Waals surface area contributed by atoms with E-state index in [1.807, 2.05) is 19.1 Å². The molecule has 0 N–H and O–H groups in total. The number of carbonyl (C=O) groups excluding carboxylic acids is 1. The second kappa shape index (κ2) is 5.18. The number of hydrogen-bond donors (Lipinski definition) is 0. The summed E-state index contributed by atoms with van der Waals surface area (Å²) in [5, 5.41) is 0. The van der Waals surface area contributed by atoms with Gasteiger partial charge in [0.2, 0.25) is 0 Å². The summed E-state index contributed by atoms with van der Waals surface area (Å²) in [4.78, 5) is 10.8. The molecule has 0 radical (unpaired) electrons. The molecule has 1 rings (SSSR count). The zero-order valence-corrected chi connectivity index (χ0v) is 9.22. The molecule has 14 heavy (non-hydrogen) atoms. The van der Waals surface area contributed by atoms with Gasteiger partial charge in [-0.25, -0.2) is 0 Å². The molecule has 74 valence electrons. The van der Waals surface area contributed by atoms with Crippen molar-refractivity contribution in [3.05, 3.63) is 47.5 Å². The van der Waals surface area contributed by atoms with E-state index in [4.69, 9.17) is 23.2 Å². The van der Waals surface area contributed by atoms with E-state index in [9.17, 15) is 4.79 Å².